The van der Waals surface area contributed by atoms with E-state index < -0.39 is 33.2 Å². The van der Waals surface area contributed by atoms with E-state index in [2.05, 4.69) is 6.08 Å². The lowest BCUT2D eigenvalue weighted by Gasteiger charge is -2.29. The van der Waals surface area contributed by atoms with E-state index in [0.29, 0.717) is 19.0 Å². The van der Waals surface area contributed by atoms with Crippen LogP contribution in [0.25, 0.3) is 6.08 Å². The van der Waals surface area contributed by atoms with Gasteiger partial charge in [0.2, 0.25) is 0 Å². The van der Waals surface area contributed by atoms with E-state index in [1.807, 2.05) is 62.4 Å². The van der Waals surface area contributed by atoms with Crippen molar-refractivity contribution in [3.63, 3.8) is 0 Å². The minimum Gasteiger partial charge on any atom is -0.494 e. The second-order valence-electron chi connectivity index (χ2n) is 10.0. The molecule has 1 amide bonds. The molecule has 2 aliphatic rings. The Kier molecular flexibility index (Phi) is 8.28. The largest absolute Gasteiger partial charge is 0.494 e. The smallest absolute Gasteiger partial charge is 0.277 e. The molecule has 0 spiro atoms. The third-order valence-corrected chi connectivity index (χ3v) is 7.35. The normalized spacial score (nSPS) is 18.8. The van der Waals surface area contributed by atoms with Gasteiger partial charge in [0.15, 0.2) is 0 Å². The van der Waals surface area contributed by atoms with Gasteiger partial charge in [0.1, 0.15) is 11.5 Å². The summed E-state index contributed by atoms with van der Waals surface area (Å²) in [7, 11) is 0. The highest BCUT2D eigenvalue weighted by atomic mass is 16.6. The fraction of sp³-hybridized carbons (Fsp3) is 0.290. The van der Waals surface area contributed by atoms with E-state index in [0.717, 1.165) is 65.6 Å². The Hall–Kier alpha value is -5.06. The summed E-state index contributed by atoms with van der Waals surface area (Å²) in [5.74, 6) is 0.677. The highest BCUT2D eigenvalue weighted by Crippen LogP contribution is 2.45. The Morgan fingerprint density at radius 1 is 0.929 bits per heavy atom. The van der Waals surface area contributed by atoms with Gasteiger partial charge in [-0.1, -0.05) is 24.3 Å². The number of carbonyl (C=O) groups is 1. The predicted octanol–water partition coefficient (Wildman–Crippen LogP) is 6.74. The lowest BCUT2D eigenvalue weighted by atomic mass is 9.77. The fourth-order valence-electron chi connectivity index (χ4n) is 5.52. The Morgan fingerprint density at radius 3 is 2.05 bits per heavy atom. The van der Waals surface area contributed by atoms with Gasteiger partial charge in [-0.15, -0.1) is 0 Å². The van der Waals surface area contributed by atoms with E-state index >= 15 is 0 Å². The Balaban J connectivity index is 1.58. The van der Waals surface area contributed by atoms with E-state index in [-0.39, 0.29) is 11.5 Å². The first-order valence-electron chi connectivity index (χ1n) is 13.8. The average Bonchev–Trinajstić information content (AvgIpc) is 3.39. The van der Waals surface area contributed by atoms with Crippen LogP contribution in [-0.2, 0) is 0 Å². The number of nitro benzene ring substituents is 2. The molecular weight excluding hydrogens is 540 g/mol. The second kappa shape index (κ2) is 12.2. The number of hydrazone groups is 1. The van der Waals surface area contributed by atoms with Crippen molar-refractivity contribution < 1.29 is 24.1 Å². The minimum atomic E-state index is -0.749. The van der Waals surface area contributed by atoms with E-state index in [1.54, 1.807) is 0 Å². The molecule has 3 aromatic rings. The summed E-state index contributed by atoms with van der Waals surface area (Å²) in [5.41, 5.74) is 2.29. The quantitative estimate of drug-likeness (QED) is 0.205. The van der Waals surface area contributed by atoms with Gasteiger partial charge in [-0.3, -0.25) is 25.0 Å². The van der Waals surface area contributed by atoms with Crippen LogP contribution in [0.2, 0.25) is 0 Å². The Morgan fingerprint density at radius 2 is 1.50 bits per heavy atom. The van der Waals surface area contributed by atoms with Crippen LogP contribution < -0.4 is 9.47 Å². The van der Waals surface area contributed by atoms with Crippen LogP contribution in [0.4, 0.5) is 11.4 Å². The SMILES string of the molecule is CCOc1ccc(/C=C2/CCCC3C2=NN(C(=O)c2cc([N+](=O)[O-])cc([N+](=O)[O-])c2)C3c2ccc(OCC)cc2)cc1. The molecule has 1 aliphatic carbocycles. The molecule has 2 unspecified atom stereocenters. The Labute approximate surface area is 242 Å². The number of allylic oxidation sites excluding steroid dienone is 1. The third-order valence-electron chi connectivity index (χ3n) is 7.35. The molecule has 42 heavy (non-hydrogen) atoms. The minimum absolute atomic E-state index is 0.136. The molecule has 1 heterocycles. The summed E-state index contributed by atoms with van der Waals surface area (Å²) in [4.78, 5) is 35.5. The predicted molar refractivity (Wildman–Crippen MR) is 157 cm³/mol. The number of hydrogen-bond acceptors (Lipinski definition) is 8. The number of amides is 1. The van der Waals surface area contributed by atoms with Crippen molar-refractivity contribution in [1.82, 2.24) is 5.01 Å². The highest BCUT2D eigenvalue weighted by Gasteiger charge is 2.44. The van der Waals surface area contributed by atoms with Crippen LogP contribution in [0.3, 0.4) is 0 Å². The van der Waals surface area contributed by atoms with Gasteiger partial charge < -0.3 is 9.47 Å². The summed E-state index contributed by atoms with van der Waals surface area (Å²) < 4.78 is 11.2. The van der Waals surface area contributed by atoms with Crippen LogP contribution in [0.1, 0.15) is 60.6 Å². The van der Waals surface area contributed by atoms with Gasteiger partial charge in [0, 0.05) is 18.1 Å². The van der Waals surface area contributed by atoms with Crippen molar-refractivity contribution in [2.45, 2.75) is 39.2 Å². The molecule has 3 aromatic carbocycles. The molecule has 0 bridgehead atoms. The van der Waals surface area contributed by atoms with Gasteiger partial charge in [-0.05, 0) is 80.2 Å². The number of hydrogen-bond donors (Lipinski definition) is 0. The number of rotatable bonds is 9. The van der Waals surface area contributed by atoms with Crippen LogP contribution in [0, 0.1) is 26.1 Å². The number of fused-ring (bicyclic) bond motifs is 1. The number of benzene rings is 3. The number of nitrogens with zero attached hydrogens (tertiary/aromatic N) is 4. The molecule has 2 atom stereocenters. The van der Waals surface area contributed by atoms with E-state index in [4.69, 9.17) is 14.6 Å². The van der Waals surface area contributed by atoms with Crippen LogP contribution >= 0.6 is 0 Å². The lowest BCUT2D eigenvalue weighted by Crippen LogP contribution is -2.32. The summed E-state index contributed by atoms with van der Waals surface area (Å²) in [6, 6.07) is 17.6. The summed E-state index contributed by atoms with van der Waals surface area (Å²) >= 11 is 0. The molecule has 1 fully saturated rings. The lowest BCUT2D eigenvalue weighted by molar-refractivity contribution is -0.394. The topological polar surface area (TPSA) is 137 Å². The molecule has 1 saturated carbocycles. The first-order valence-corrected chi connectivity index (χ1v) is 13.8. The maximum atomic E-state index is 14.0. The first kappa shape index (κ1) is 28.5. The molecule has 0 saturated heterocycles. The zero-order valence-corrected chi connectivity index (χ0v) is 23.3. The van der Waals surface area contributed by atoms with Crippen LogP contribution in [-0.4, -0.2) is 39.7 Å². The average molecular weight is 571 g/mol. The molecule has 1 aliphatic heterocycles. The summed E-state index contributed by atoms with van der Waals surface area (Å²) in [6.45, 7) is 4.90. The third kappa shape index (κ3) is 5.85. The number of ether oxygens (including phenoxy) is 2. The van der Waals surface area contributed by atoms with Crippen molar-refractivity contribution in [2.24, 2.45) is 11.0 Å². The first-order chi connectivity index (χ1) is 20.3. The van der Waals surface area contributed by atoms with Crippen molar-refractivity contribution in [3.8, 4) is 11.5 Å². The van der Waals surface area contributed by atoms with Gasteiger partial charge in [0.05, 0.1) is 46.4 Å². The molecule has 216 valence electrons. The molecule has 0 aromatic heterocycles. The number of carbonyl (C=O) groups excluding carboxylic acids is 1. The maximum absolute atomic E-state index is 14.0. The molecule has 11 nitrogen and oxygen atoms in total. The fourth-order valence-corrected chi connectivity index (χ4v) is 5.52. The molecule has 0 N–H and O–H groups in total. The van der Waals surface area contributed by atoms with Gasteiger partial charge in [-0.25, -0.2) is 5.01 Å². The van der Waals surface area contributed by atoms with Crippen molar-refractivity contribution in [3.05, 3.63) is 109 Å². The molecule has 11 heteroatoms. The number of nitro groups is 2. The zero-order chi connectivity index (χ0) is 29.8. The molecular formula is C31H30N4O7. The van der Waals surface area contributed by atoms with E-state index in [9.17, 15) is 25.0 Å². The summed E-state index contributed by atoms with van der Waals surface area (Å²) in [6.07, 6.45) is 4.48. The molecule has 0 radical (unpaired) electrons. The van der Waals surface area contributed by atoms with Gasteiger partial charge >= 0.3 is 0 Å². The monoisotopic (exact) mass is 570 g/mol. The van der Waals surface area contributed by atoms with Crippen LogP contribution in [0.15, 0.2) is 77.4 Å². The number of non-ortho nitro benzene ring substituents is 2. The standard InChI is InChI=1S/C31H30N4O7/c1-3-41-26-12-8-20(9-13-26)16-22-6-5-7-28-29(22)32-33(30(28)21-10-14-27(15-11-21)42-4-2)31(36)23-17-24(34(37)38)19-25(18-23)35(39)40/h8-19,28,30H,3-7H2,1-2H3/b22-16-. The highest BCUT2D eigenvalue weighted by molar-refractivity contribution is 6.09. The molecule has 5 rings (SSSR count). The van der Waals surface area contributed by atoms with Crippen LogP contribution in [0.5, 0.6) is 11.5 Å². The zero-order valence-electron chi connectivity index (χ0n) is 23.3. The van der Waals surface area contributed by atoms with Crippen molar-refractivity contribution in [1.29, 1.82) is 0 Å². The second-order valence-corrected chi connectivity index (χ2v) is 10.0. The van der Waals surface area contributed by atoms with Crippen molar-refractivity contribution >= 4 is 29.1 Å². The summed E-state index contributed by atoms with van der Waals surface area (Å²) in [5, 5.41) is 29.2. The maximum Gasteiger partial charge on any atom is 0.277 e. The van der Waals surface area contributed by atoms with Gasteiger partial charge in [-0.2, -0.15) is 5.10 Å². The van der Waals surface area contributed by atoms with Crippen molar-refractivity contribution in [2.75, 3.05) is 13.2 Å². The van der Waals surface area contributed by atoms with E-state index in [1.165, 1.54) is 5.01 Å². The van der Waals surface area contributed by atoms with Gasteiger partial charge in [0.25, 0.3) is 17.3 Å². The Bertz CT molecular complexity index is 1530.